The first-order valence-corrected chi connectivity index (χ1v) is 11.3. The van der Waals surface area contributed by atoms with E-state index in [2.05, 4.69) is 15.3 Å². The van der Waals surface area contributed by atoms with Gasteiger partial charge in [0.2, 0.25) is 11.9 Å². The molecule has 0 unspecified atom stereocenters. The van der Waals surface area contributed by atoms with Crippen LogP contribution in [0.2, 0.25) is 5.02 Å². The van der Waals surface area contributed by atoms with Crippen molar-refractivity contribution in [3.05, 3.63) is 46.7 Å². The van der Waals surface area contributed by atoms with E-state index in [1.807, 2.05) is 18.7 Å². The lowest BCUT2D eigenvalue weighted by atomic mass is 10.1. The lowest BCUT2D eigenvalue weighted by Crippen LogP contribution is -2.50. The van der Waals surface area contributed by atoms with Crippen molar-refractivity contribution in [2.75, 3.05) is 56.0 Å². The van der Waals surface area contributed by atoms with Crippen molar-refractivity contribution in [2.24, 2.45) is 0 Å². The van der Waals surface area contributed by atoms with Gasteiger partial charge in [-0.2, -0.15) is 13.2 Å². The van der Waals surface area contributed by atoms with E-state index in [-0.39, 0.29) is 28.9 Å². The number of para-hydroxylation sites is 1. The largest absolute Gasteiger partial charge is 0.418 e. The monoisotopic (exact) mass is 498 g/mol. The minimum Gasteiger partial charge on any atom is -0.341 e. The van der Waals surface area contributed by atoms with E-state index >= 15 is 0 Å². The van der Waals surface area contributed by atoms with Crippen LogP contribution in [0, 0.1) is 0 Å². The zero-order chi connectivity index (χ0) is 24.9. The van der Waals surface area contributed by atoms with E-state index in [0.29, 0.717) is 45.2 Å². The number of rotatable bonds is 7. The fraction of sp³-hybridized carbons (Fsp3) is 0.455. The van der Waals surface area contributed by atoms with Crippen LogP contribution < -0.4 is 10.2 Å². The molecule has 8 nitrogen and oxygen atoms in total. The molecule has 2 amide bonds. The number of amides is 2. The Morgan fingerprint density at radius 2 is 1.76 bits per heavy atom. The number of carbonyl (C=O) groups excluding carboxylic acids is 2. The third-order valence-electron chi connectivity index (χ3n) is 5.51. The molecule has 0 spiro atoms. The Bertz CT molecular complexity index is 1020. The van der Waals surface area contributed by atoms with Crippen LogP contribution in [-0.4, -0.2) is 77.4 Å². The first-order chi connectivity index (χ1) is 16.1. The van der Waals surface area contributed by atoms with Crippen molar-refractivity contribution in [1.82, 2.24) is 19.8 Å². The summed E-state index contributed by atoms with van der Waals surface area (Å²) in [5.74, 6) is -0.463. The Kier molecular flexibility index (Phi) is 8.32. The molecule has 2 heterocycles. The van der Waals surface area contributed by atoms with Crippen molar-refractivity contribution in [2.45, 2.75) is 20.0 Å². The van der Waals surface area contributed by atoms with E-state index < -0.39 is 17.6 Å². The second kappa shape index (κ2) is 11.0. The smallest absolute Gasteiger partial charge is 0.341 e. The highest BCUT2D eigenvalue weighted by atomic mass is 35.5. The molecule has 1 aliphatic rings. The lowest BCUT2D eigenvalue weighted by Gasteiger charge is -2.34. The van der Waals surface area contributed by atoms with Crippen LogP contribution in [0.1, 0.15) is 29.9 Å². The van der Waals surface area contributed by atoms with Crippen LogP contribution in [0.3, 0.4) is 0 Å². The van der Waals surface area contributed by atoms with Crippen LogP contribution in [0.5, 0.6) is 0 Å². The molecule has 0 bridgehead atoms. The summed E-state index contributed by atoms with van der Waals surface area (Å²) in [6.07, 6.45) is -3.15. The van der Waals surface area contributed by atoms with Crippen LogP contribution in [0.15, 0.2) is 30.5 Å². The molecule has 1 aliphatic heterocycles. The lowest BCUT2D eigenvalue weighted by molar-refractivity contribution is -0.137. The first kappa shape index (κ1) is 25.7. The summed E-state index contributed by atoms with van der Waals surface area (Å²) in [4.78, 5) is 39.2. The van der Waals surface area contributed by atoms with Gasteiger partial charge in [0.15, 0.2) is 5.69 Å². The summed E-state index contributed by atoms with van der Waals surface area (Å²) in [5, 5.41) is 2.50. The molecule has 1 aromatic heterocycles. The molecule has 0 radical (unpaired) electrons. The normalized spacial score (nSPS) is 14.7. The predicted molar refractivity (Wildman–Crippen MR) is 123 cm³/mol. The molecule has 34 heavy (non-hydrogen) atoms. The number of nitrogens with one attached hydrogen (secondary N) is 1. The summed E-state index contributed by atoms with van der Waals surface area (Å²) >= 11 is 6.19. The van der Waals surface area contributed by atoms with Gasteiger partial charge in [0.25, 0.3) is 5.91 Å². The molecule has 1 N–H and O–H groups in total. The van der Waals surface area contributed by atoms with E-state index in [9.17, 15) is 22.8 Å². The van der Waals surface area contributed by atoms with Crippen molar-refractivity contribution < 1.29 is 22.8 Å². The third-order valence-corrected chi connectivity index (χ3v) is 5.79. The van der Waals surface area contributed by atoms with Crippen LogP contribution in [0.25, 0.3) is 0 Å². The van der Waals surface area contributed by atoms with Gasteiger partial charge >= 0.3 is 6.18 Å². The molecule has 1 aromatic carbocycles. The van der Waals surface area contributed by atoms with Crippen molar-refractivity contribution in [3.8, 4) is 0 Å². The fourth-order valence-corrected chi connectivity index (χ4v) is 3.83. The van der Waals surface area contributed by atoms with E-state index in [1.54, 1.807) is 9.80 Å². The van der Waals surface area contributed by atoms with Crippen LogP contribution in [0.4, 0.5) is 24.8 Å². The van der Waals surface area contributed by atoms with Gasteiger partial charge < -0.3 is 15.1 Å². The SMILES string of the molecule is CCN(CC)c1ncc(Cl)c(C(=O)N2CCN(CC(=O)Nc3ccccc3C(F)(F)F)CC2)n1. The van der Waals surface area contributed by atoms with Gasteiger partial charge in [0.1, 0.15) is 0 Å². The van der Waals surface area contributed by atoms with Gasteiger partial charge in [-0.15, -0.1) is 0 Å². The van der Waals surface area contributed by atoms with Gasteiger partial charge in [0, 0.05) is 39.3 Å². The molecule has 0 saturated carbocycles. The highest BCUT2D eigenvalue weighted by molar-refractivity contribution is 6.33. The number of hydrogen-bond acceptors (Lipinski definition) is 6. The summed E-state index contributed by atoms with van der Waals surface area (Å²) < 4.78 is 39.4. The minimum atomic E-state index is -4.57. The zero-order valence-corrected chi connectivity index (χ0v) is 19.7. The highest BCUT2D eigenvalue weighted by Crippen LogP contribution is 2.34. The summed E-state index contributed by atoms with van der Waals surface area (Å²) in [6, 6.07) is 4.84. The maximum atomic E-state index is 13.1. The maximum absolute atomic E-state index is 13.1. The van der Waals surface area contributed by atoms with Gasteiger partial charge in [-0.05, 0) is 26.0 Å². The van der Waals surface area contributed by atoms with E-state index in [0.717, 1.165) is 6.07 Å². The number of anilines is 2. The zero-order valence-electron chi connectivity index (χ0n) is 18.9. The van der Waals surface area contributed by atoms with E-state index in [4.69, 9.17) is 11.6 Å². The Morgan fingerprint density at radius 1 is 1.12 bits per heavy atom. The molecule has 0 atom stereocenters. The molecule has 1 saturated heterocycles. The minimum absolute atomic E-state index is 0.0887. The number of alkyl halides is 3. The molecular formula is C22H26ClF3N6O2. The quantitative estimate of drug-likeness (QED) is 0.630. The number of carbonyl (C=O) groups is 2. The molecule has 3 rings (SSSR count). The standard InChI is InChI=1S/C22H26ClF3N6O2/c1-3-31(4-2)21-27-13-16(23)19(29-21)20(34)32-11-9-30(10-12-32)14-18(33)28-17-8-6-5-7-15(17)22(24,25)26/h5-8,13H,3-4,9-12,14H2,1-2H3,(H,28,33). The van der Waals surface area contributed by atoms with Crippen molar-refractivity contribution in [3.63, 3.8) is 0 Å². The van der Waals surface area contributed by atoms with Crippen molar-refractivity contribution >= 4 is 35.1 Å². The Labute approximate surface area is 200 Å². The predicted octanol–water partition coefficient (Wildman–Crippen LogP) is 3.39. The van der Waals surface area contributed by atoms with Gasteiger partial charge in [-0.1, -0.05) is 23.7 Å². The second-order valence-corrected chi connectivity index (χ2v) is 8.11. The Hall–Kier alpha value is -2.92. The summed E-state index contributed by atoms with van der Waals surface area (Å²) in [5.41, 5.74) is -1.06. The summed E-state index contributed by atoms with van der Waals surface area (Å²) in [6.45, 7) is 6.60. The van der Waals surface area contributed by atoms with E-state index in [1.165, 1.54) is 24.4 Å². The highest BCUT2D eigenvalue weighted by Gasteiger charge is 2.34. The molecular weight excluding hydrogens is 473 g/mol. The number of nitrogens with zero attached hydrogens (tertiary/aromatic N) is 5. The average molecular weight is 499 g/mol. The van der Waals surface area contributed by atoms with Gasteiger partial charge in [-0.3, -0.25) is 14.5 Å². The van der Waals surface area contributed by atoms with Gasteiger partial charge in [-0.25, -0.2) is 9.97 Å². The van der Waals surface area contributed by atoms with Crippen molar-refractivity contribution in [1.29, 1.82) is 0 Å². The molecule has 0 aliphatic carbocycles. The number of aromatic nitrogens is 2. The number of hydrogen-bond donors (Lipinski definition) is 1. The second-order valence-electron chi connectivity index (χ2n) is 7.70. The summed E-state index contributed by atoms with van der Waals surface area (Å²) in [7, 11) is 0. The number of benzene rings is 1. The molecule has 12 heteroatoms. The number of halogens is 4. The fourth-order valence-electron chi connectivity index (χ4n) is 3.66. The van der Waals surface area contributed by atoms with Crippen LogP contribution >= 0.6 is 11.6 Å². The maximum Gasteiger partial charge on any atom is 0.418 e. The average Bonchev–Trinajstić information content (AvgIpc) is 2.80. The topological polar surface area (TPSA) is 81.7 Å². The molecule has 184 valence electrons. The Morgan fingerprint density at radius 3 is 2.38 bits per heavy atom. The molecule has 1 fully saturated rings. The number of piperazine rings is 1. The third kappa shape index (κ3) is 6.15. The van der Waals surface area contributed by atoms with Crippen LogP contribution in [-0.2, 0) is 11.0 Å². The molecule has 2 aromatic rings. The Balaban J connectivity index is 1.58. The van der Waals surface area contributed by atoms with Gasteiger partial charge in [0.05, 0.1) is 29.0 Å². The first-order valence-electron chi connectivity index (χ1n) is 10.9.